The van der Waals surface area contributed by atoms with E-state index in [1.807, 2.05) is 21.1 Å². The summed E-state index contributed by atoms with van der Waals surface area (Å²) in [4.78, 5) is 37.7. The number of esters is 2. The van der Waals surface area contributed by atoms with Crippen LogP contribution in [0.5, 0.6) is 0 Å². The Labute approximate surface area is 382 Å². The number of hydrogen-bond donors (Lipinski definition) is 3. The van der Waals surface area contributed by atoms with Crippen molar-refractivity contribution in [1.82, 2.24) is 0 Å². The second-order valence-electron chi connectivity index (χ2n) is 17.3. The smallest absolute Gasteiger partial charge is 0.306 e. The van der Waals surface area contributed by atoms with Crippen LogP contribution in [0.15, 0.2) is 72.9 Å². The third-order valence-electron chi connectivity index (χ3n) is 10.1. The Morgan fingerprint density at radius 2 is 1.16 bits per heavy atom. The number of aliphatic hydroxyl groups excluding tert-OH is 3. The molecule has 3 N–H and O–H groups in total. The van der Waals surface area contributed by atoms with E-state index in [4.69, 9.17) is 18.5 Å². The Bertz CT molecular complexity index is 1350. The molecule has 0 heterocycles. The molecule has 0 bridgehead atoms. The zero-order chi connectivity index (χ0) is 46.9. The lowest BCUT2D eigenvalue weighted by Gasteiger charge is -2.28. The zero-order valence-corrected chi connectivity index (χ0v) is 40.7. The number of unbranched alkanes of at least 4 members (excludes halogenated alkanes) is 14. The molecule has 12 nitrogen and oxygen atoms in total. The number of phosphoric acid groups is 1. The van der Waals surface area contributed by atoms with Gasteiger partial charge in [0, 0.05) is 12.8 Å². The van der Waals surface area contributed by atoms with Gasteiger partial charge in [-0.05, 0) is 57.8 Å². The van der Waals surface area contributed by atoms with Crippen molar-refractivity contribution in [3.63, 3.8) is 0 Å². The number of quaternary nitrogens is 1. The van der Waals surface area contributed by atoms with E-state index in [2.05, 4.69) is 38.2 Å². The van der Waals surface area contributed by atoms with Crippen molar-refractivity contribution >= 4 is 19.8 Å². The standard InChI is InChI=1S/C50H88NO11P/c1-6-8-10-11-12-13-14-15-16-17-18-19-20-21-22-23-24-29-33-39-50(56)62-46(44-61-63(57,58)60-42-41-51(3,4)5)43-59-49(55)40-34-38-48(54)47(53)37-32-28-26-25-27-31-36-45(52)35-30-9-7-2/h12-13,15-16,25-28,31-32,36-37,45-48,52-54H,6-11,14,17-24,29-30,33-35,38-44H2,1-5H3/b13-12-,16-15-,27-25-,28-26+,36-31+,37-32+/t45-,46-,47-,48-/m1/s1. The van der Waals surface area contributed by atoms with E-state index in [0.717, 1.165) is 64.2 Å². The van der Waals surface area contributed by atoms with Crippen molar-refractivity contribution in [3.8, 4) is 0 Å². The second-order valence-corrected chi connectivity index (χ2v) is 18.7. The number of aliphatic hydroxyl groups is 3. The van der Waals surface area contributed by atoms with E-state index in [-0.39, 0.29) is 32.3 Å². The van der Waals surface area contributed by atoms with Crippen LogP contribution < -0.4 is 4.89 Å². The zero-order valence-electron chi connectivity index (χ0n) is 39.8. The van der Waals surface area contributed by atoms with Crippen LogP contribution in [0.4, 0.5) is 0 Å². The summed E-state index contributed by atoms with van der Waals surface area (Å²) in [6.07, 6.45) is 40.1. The summed E-state index contributed by atoms with van der Waals surface area (Å²) < 4.78 is 33.7. The number of hydrogen-bond acceptors (Lipinski definition) is 11. The van der Waals surface area contributed by atoms with Crippen LogP contribution in [0, 0.1) is 0 Å². The molecule has 0 aliphatic heterocycles. The quantitative estimate of drug-likeness (QED) is 0.0133. The van der Waals surface area contributed by atoms with E-state index < -0.39 is 57.4 Å². The monoisotopic (exact) mass is 910 g/mol. The predicted octanol–water partition coefficient (Wildman–Crippen LogP) is 10.1. The molecular formula is C50H88NO11P. The largest absolute Gasteiger partial charge is 0.756 e. The molecular weight excluding hydrogens is 822 g/mol. The minimum Gasteiger partial charge on any atom is -0.756 e. The van der Waals surface area contributed by atoms with Gasteiger partial charge in [0.25, 0.3) is 7.82 Å². The van der Waals surface area contributed by atoms with Gasteiger partial charge >= 0.3 is 11.9 Å². The van der Waals surface area contributed by atoms with Crippen molar-refractivity contribution in [2.24, 2.45) is 0 Å². The van der Waals surface area contributed by atoms with Crippen molar-refractivity contribution in [1.29, 1.82) is 0 Å². The highest BCUT2D eigenvalue weighted by atomic mass is 31.2. The number of ether oxygens (including phenoxy) is 2. The van der Waals surface area contributed by atoms with Crippen LogP contribution in [0.1, 0.15) is 162 Å². The van der Waals surface area contributed by atoms with Gasteiger partial charge in [0.2, 0.25) is 0 Å². The van der Waals surface area contributed by atoms with Crippen LogP contribution in [-0.4, -0.2) is 104 Å². The molecule has 0 spiro atoms. The van der Waals surface area contributed by atoms with Gasteiger partial charge < -0.3 is 43.2 Å². The summed E-state index contributed by atoms with van der Waals surface area (Å²) in [5, 5.41) is 30.5. The molecule has 0 aromatic heterocycles. The van der Waals surface area contributed by atoms with Gasteiger partial charge in [0.1, 0.15) is 19.8 Å². The van der Waals surface area contributed by atoms with E-state index >= 15 is 0 Å². The fraction of sp³-hybridized carbons (Fsp3) is 0.720. The van der Waals surface area contributed by atoms with Crippen molar-refractivity contribution in [2.45, 2.75) is 186 Å². The Hall–Kier alpha value is -2.67. The van der Waals surface area contributed by atoms with Gasteiger partial charge in [0.05, 0.1) is 46.1 Å². The SMILES string of the molecule is CCCCC/C=C\C/C=C\CCCCCCCCCCCC(=O)O[C@H](COC(=O)CCC[C@@H](O)[C@H](O)/C=C/C=C/C=C\C=C\[C@H](O)CCCCC)COP(=O)([O-])OCC[N+](C)(C)C. The molecule has 0 amide bonds. The molecule has 0 rings (SSSR count). The number of carbonyl (C=O) groups excluding carboxylic acids is 2. The fourth-order valence-electron chi connectivity index (χ4n) is 6.13. The topological polar surface area (TPSA) is 172 Å². The number of likely N-dealkylation sites (N-methyl/N-ethyl adjacent to an activating group) is 1. The summed E-state index contributed by atoms with van der Waals surface area (Å²) in [5.41, 5.74) is 0. The van der Waals surface area contributed by atoms with Crippen molar-refractivity contribution in [2.75, 3.05) is 47.5 Å². The summed E-state index contributed by atoms with van der Waals surface area (Å²) in [7, 11) is 0.964. The summed E-state index contributed by atoms with van der Waals surface area (Å²) in [6, 6.07) is 0. The molecule has 0 saturated heterocycles. The van der Waals surface area contributed by atoms with Gasteiger partial charge in [-0.25, -0.2) is 0 Å². The lowest BCUT2D eigenvalue weighted by molar-refractivity contribution is -0.870. The minimum absolute atomic E-state index is 0.0799. The molecule has 63 heavy (non-hydrogen) atoms. The highest BCUT2D eigenvalue weighted by Gasteiger charge is 2.22. The first-order chi connectivity index (χ1) is 30.2. The van der Waals surface area contributed by atoms with Crippen molar-refractivity contribution in [3.05, 3.63) is 72.9 Å². The average molecular weight is 910 g/mol. The Morgan fingerprint density at radius 3 is 1.78 bits per heavy atom. The first kappa shape index (κ1) is 60.3. The molecule has 0 aliphatic rings. The molecule has 0 fully saturated rings. The van der Waals surface area contributed by atoms with E-state index in [1.165, 1.54) is 57.4 Å². The normalized spacial score (nSPS) is 15.6. The molecule has 0 radical (unpaired) electrons. The Morgan fingerprint density at radius 1 is 0.619 bits per heavy atom. The maximum atomic E-state index is 12.7. The number of rotatable bonds is 42. The van der Waals surface area contributed by atoms with Gasteiger partial charge in [-0.1, -0.05) is 164 Å². The summed E-state index contributed by atoms with van der Waals surface area (Å²) in [6.45, 7) is 3.69. The van der Waals surface area contributed by atoms with Crippen LogP contribution >= 0.6 is 7.82 Å². The van der Waals surface area contributed by atoms with Gasteiger partial charge in [0.15, 0.2) is 6.10 Å². The highest BCUT2D eigenvalue weighted by molar-refractivity contribution is 7.45. The third kappa shape index (κ3) is 43.0. The average Bonchev–Trinajstić information content (AvgIpc) is 3.23. The van der Waals surface area contributed by atoms with Crippen LogP contribution in [0.2, 0.25) is 0 Å². The van der Waals surface area contributed by atoms with Gasteiger partial charge in [-0.15, -0.1) is 0 Å². The first-order valence-electron chi connectivity index (χ1n) is 24.0. The Balaban J connectivity index is 4.62. The molecule has 0 aliphatic carbocycles. The van der Waals surface area contributed by atoms with Crippen LogP contribution in [0.25, 0.3) is 0 Å². The number of carbonyl (C=O) groups is 2. The summed E-state index contributed by atoms with van der Waals surface area (Å²) in [5.74, 6) is -1.17. The molecule has 0 aromatic carbocycles. The number of phosphoric ester groups is 1. The molecule has 5 atom stereocenters. The summed E-state index contributed by atoms with van der Waals surface area (Å²) >= 11 is 0. The lowest BCUT2D eigenvalue weighted by atomic mass is 10.1. The van der Waals surface area contributed by atoms with Crippen LogP contribution in [0.3, 0.4) is 0 Å². The van der Waals surface area contributed by atoms with E-state index in [9.17, 15) is 34.4 Å². The Kier molecular flexibility index (Phi) is 39.1. The maximum absolute atomic E-state index is 12.7. The van der Waals surface area contributed by atoms with E-state index in [0.29, 0.717) is 17.4 Å². The van der Waals surface area contributed by atoms with Crippen LogP contribution in [-0.2, 0) is 32.7 Å². The molecule has 1 unspecified atom stereocenters. The third-order valence-corrected chi connectivity index (χ3v) is 11.0. The number of allylic oxidation sites excluding steroid dienone is 10. The fourth-order valence-corrected chi connectivity index (χ4v) is 6.85. The van der Waals surface area contributed by atoms with Gasteiger partial charge in [-0.2, -0.15) is 0 Å². The van der Waals surface area contributed by atoms with Crippen molar-refractivity contribution < 1.29 is 57.4 Å². The maximum Gasteiger partial charge on any atom is 0.306 e. The highest BCUT2D eigenvalue weighted by Crippen LogP contribution is 2.38. The van der Waals surface area contributed by atoms with E-state index in [1.54, 1.807) is 42.5 Å². The predicted molar refractivity (Wildman–Crippen MR) is 254 cm³/mol. The van der Waals surface area contributed by atoms with Gasteiger partial charge in [-0.3, -0.25) is 14.2 Å². The first-order valence-corrected chi connectivity index (χ1v) is 25.4. The molecule has 0 aromatic rings. The molecule has 0 saturated carbocycles. The molecule has 364 valence electrons. The number of nitrogens with zero attached hydrogens (tertiary/aromatic N) is 1. The lowest BCUT2D eigenvalue weighted by Crippen LogP contribution is -2.37. The molecule has 13 heteroatoms. The second kappa shape index (κ2) is 40.8. The minimum atomic E-state index is -4.72.